The van der Waals surface area contributed by atoms with E-state index in [4.69, 9.17) is 4.74 Å². The van der Waals surface area contributed by atoms with Gasteiger partial charge in [0.2, 0.25) is 11.8 Å². The molecule has 266 valence electrons. The van der Waals surface area contributed by atoms with E-state index in [1.165, 1.54) is 141 Å². The first kappa shape index (κ1) is 43.4. The van der Waals surface area contributed by atoms with E-state index < -0.39 is 6.04 Å². The predicted molar refractivity (Wildman–Crippen MR) is 191 cm³/mol. The highest BCUT2D eigenvalue weighted by atomic mass is 16.5. The molecule has 0 rings (SSSR count). The van der Waals surface area contributed by atoms with E-state index in [-0.39, 0.29) is 17.8 Å². The van der Waals surface area contributed by atoms with E-state index in [1.807, 2.05) is 0 Å². The summed E-state index contributed by atoms with van der Waals surface area (Å²) in [5.41, 5.74) is 0. The molecule has 0 aromatic rings. The Bertz CT molecular complexity index is 669. The predicted octanol–water partition coefficient (Wildman–Crippen LogP) is 10.9. The van der Waals surface area contributed by atoms with Crippen LogP contribution in [0.3, 0.4) is 0 Å². The van der Waals surface area contributed by atoms with Crippen LogP contribution in [-0.4, -0.2) is 37.0 Å². The van der Waals surface area contributed by atoms with Crippen LogP contribution in [0, 0.1) is 0 Å². The second-order valence-electron chi connectivity index (χ2n) is 13.3. The number of esters is 1. The average Bonchev–Trinajstić information content (AvgIpc) is 3.03. The molecule has 0 aromatic heterocycles. The number of nitrogens with one attached hydrogen (secondary N) is 2. The van der Waals surface area contributed by atoms with Gasteiger partial charge in [-0.25, -0.2) is 4.79 Å². The molecule has 6 heteroatoms. The normalized spacial score (nSPS) is 11.8. The fourth-order valence-electron chi connectivity index (χ4n) is 5.99. The maximum absolute atomic E-state index is 12.5. The molecule has 0 aliphatic carbocycles. The lowest BCUT2D eigenvalue weighted by atomic mass is 10.0. The highest BCUT2D eigenvalue weighted by molar-refractivity contribution is 5.84. The van der Waals surface area contributed by atoms with E-state index in [0.29, 0.717) is 38.8 Å². The van der Waals surface area contributed by atoms with Crippen molar-refractivity contribution in [1.29, 1.82) is 0 Å². The van der Waals surface area contributed by atoms with Crippen LogP contribution in [0.4, 0.5) is 0 Å². The Morgan fingerprint density at radius 3 is 1.20 bits per heavy atom. The Hall–Kier alpha value is -1.59. The van der Waals surface area contributed by atoms with Crippen molar-refractivity contribution in [2.75, 3.05) is 13.2 Å². The summed E-state index contributed by atoms with van der Waals surface area (Å²) in [6.07, 6.45) is 35.5. The summed E-state index contributed by atoms with van der Waals surface area (Å²) in [6.45, 7) is 7.12. The van der Waals surface area contributed by atoms with Crippen LogP contribution in [0.15, 0.2) is 0 Å². The van der Waals surface area contributed by atoms with Gasteiger partial charge in [-0.3, -0.25) is 9.59 Å². The van der Waals surface area contributed by atoms with Crippen molar-refractivity contribution in [1.82, 2.24) is 10.6 Å². The Morgan fingerprint density at radius 1 is 0.467 bits per heavy atom. The molecule has 0 saturated heterocycles. The lowest BCUT2D eigenvalue weighted by Crippen LogP contribution is -2.42. The molecule has 0 aliphatic rings. The summed E-state index contributed by atoms with van der Waals surface area (Å²) in [5.74, 6) is -0.380. The van der Waals surface area contributed by atoms with Crippen molar-refractivity contribution in [2.45, 2.75) is 219 Å². The molecule has 0 unspecified atom stereocenters. The molecule has 0 aromatic carbocycles. The number of carbonyl (C=O) groups excluding carboxylic acids is 3. The highest BCUT2D eigenvalue weighted by Crippen LogP contribution is 2.14. The third kappa shape index (κ3) is 32.2. The molecule has 45 heavy (non-hydrogen) atoms. The van der Waals surface area contributed by atoms with Gasteiger partial charge in [-0.2, -0.15) is 0 Å². The molecule has 0 bridgehead atoms. The molecule has 1 atom stereocenters. The smallest absolute Gasteiger partial charge is 0.328 e. The maximum Gasteiger partial charge on any atom is 0.328 e. The minimum atomic E-state index is -0.641. The van der Waals surface area contributed by atoms with Gasteiger partial charge in [0, 0.05) is 19.4 Å². The van der Waals surface area contributed by atoms with Crippen LogP contribution in [0.25, 0.3) is 0 Å². The standard InChI is InChI=1S/C39H76N2O4/c1-4-7-9-11-13-15-17-19-21-23-25-27-29-33-37(42)40-35-31-32-36(39(44)45-6-3)41-38(43)34-30-28-26-24-22-20-18-16-14-12-10-8-5-2/h36H,4-35H2,1-3H3,(H,40,42)(H,41,43)/t36-/m0/s1. The summed E-state index contributed by atoms with van der Waals surface area (Å²) in [5, 5.41) is 5.87. The number of rotatable bonds is 35. The largest absolute Gasteiger partial charge is 0.464 e. The van der Waals surface area contributed by atoms with Gasteiger partial charge < -0.3 is 15.4 Å². The van der Waals surface area contributed by atoms with Gasteiger partial charge in [-0.05, 0) is 32.6 Å². The van der Waals surface area contributed by atoms with E-state index >= 15 is 0 Å². The van der Waals surface area contributed by atoms with E-state index in [2.05, 4.69) is 24.5 Å². The monoisotopic (exact) mass is 637 g/mol. The van der Waals surface area contributed by atoms with Gasteiger partial charge in [-0.15, -0.1) is 0 Å². The summed E-state index contributed by atoms with van der Waals surface area (Å²) < 4.78 is 5.19. The Balaban J connectivity index is 3.82. The van der Waals surface area contributed by atoms with Crippen LogP contribution in [0.2, 0.25) is 0 Å². The van der Waals surface area contributed by atoms with Gasteiger partial charge in [-0.1, -0.05) is 168 Å². The third-order valence-corrected chi connectivity index (χ3v) is 8.91. The maximum atomic E-state index is 12.5. The molecule has 2 N–H and O–H groups in total. The van der Waals surface area contributed by atoms with Crippen LogP contribution in [0.5, 0.6) is 0 Å². The summed E-state index contributed by atoms with van der Waals surface area (Å²) in [4.78, 5) is 37.2. The van der Waals surface area contributed by atoms with Gasteiger partial charge in [0.25, 0.3) is 0 Å². The third-order valence-electron chi connectivity index (χ3n) is 8.91. The molecule has 6 nitrogen and oxygen atoms in total. The second-order valence-corrected chi connectivity index (χ2v) is 13.3. The zero-order valence-corrected chi connectivity index (χ0v) is 30.3. The first-order valence-corrected chi connectivity index (χ1v) is 19.8. The molecule has 0 radical (unpaired) electrons. The molecule has 0 spiro atoms. The van der Waals surface area contributed by atoms with Crippen molar-refractivity contribution in [3.05, 3.63) is 0 Å². The van der Waals surface area contributed by atoms with Crippen molar-refractivity contribution in [2.24, 2.45) is 0 Å². The van der Waals surface area contributed by atoms with E-state index in [1.54, 1.807) is 6.92 Å². The number of hydrogen-bond donors (Lipinski definition) is 2. The summed E-state index contributed by atoms with van der Waals surface area (Å²) in [6, 6.07) is -0.641. The van der Waals surface area contributed by atoms with Gasteiger partial charge in [0.15, 0.2) is 0 Å². The van der Waals surface area contributed by atoms with Crippen molar-refractivity contribution >= 4 is 17.8 Å². The quantitative estimate of drug-likeness (QED) is 0.0535. The zero-order chi connectivity index (χ0) is 33.1. The van der Waals surface area contributed by atoms with Gasteiger partial charge in [0.05, 0.1) is 6.61 Å². The Kier molecular flexibility index (Phi) is 34.0. The van der Waals surface area contributed by atoms with Crippen molar-refractivity contribution < 1.29 is 19.1 Å². The molecular formula is C39H76N2O4. The summed E-state index contributed by atoms with van der Waals surface area (Å²) >= 11 is 0. The highest BCUT2D eigenvalue weighted by Gasteiger charge is 2.21. The second kappa shape index (κ2) is 35.3. The Morgan fingerprint density at radius 2 is 0.822 bits per heavy atom. The zero-order valence-electron chi connectivity index (χ0n) is 30.3. The molecule has 0 aliphatic heterocycles. The summed E-state index contributed by atoms with van der Waals surface area (Å²) in [7, 11) is 0. The fourth-order valence-corrected chi connectivity index (χ4v) is 5.99. The molecular weight excluding hydrogens is 560 g/mol. The van der Waals surface area contributed by atoms with Gasteiger partial charge >= 0.3 is 5.97 Å². The van der Waals surface area contributed by atoms with Crippen LogP contribution in [0.1, 0.15) is 213 Å². The molecule has 0 fully saturated rings. The number of hydrogen-bond acceptors (Lipinski definition) is 4. The first-order valence-electron chi connectivity index (χ1n) is 19.8. The number of carbonyl (C=O) groups is 3. The Labute approximate surface area is 279 Å². The molecule has 0 heterocycles. The minimum Gasteiger partial charge on any atom is -0.464 e. The number of ether oxygens (including phenoxy) is 1. The van der Waals surface area contributed by atoms with Crippen molar-refractivity contribution in [3.8, 4) is 0 Å². The number of unbranched alkanes of at least 4 members (excludes halogenated alkanes) is 24. The molecule has 2 amide bonds. The first-order chi connectivity index (χ1) is 22.0. The molecule has 0 saturated carbocycles. The minimum absolute atomic E-state index is 0.0807. The van der Waals surface area contributed by atoms with E-state index in [9.17, 15) is 14.4 Å². The number of amides is 2. The van der Waals surface area contributed by atoms with Crippen molar-refractivity contribution in [3.63, 3.8) is 0 Å². The topological polar surface area (TPSA) is 84.5 Å². The SMILES string of the molecule is CCCCCCCCCCCCCCCC(=O)NCCC[C@H](NC(=O)CCCCCCCCCCCCCCC)C(=O)OCC. The lowest BCUT2D eigenvalue weighted by molar-refractivity contribution is -0.147. The van der Waals surface area contributed by atoms with E-state index in [0.717, 1.165) is 25.7 Å². The van der Waals surface area contributed by atoms with Crippen LogP contribution >= 0.6 is 0 Å². The average molecular weight is 637 g/mol. The van der Waals surface area contributed by atoms with Gasteiger partial charge in [0.1, 0.15) is 6.04 Å². The van der Waals surface area contributed by atoms with Crippen LogP contribution in [-0.2, 0) is 19.1 Å². The van der Waals surface area contributed by atoms with Crippen LogP contribution < -0.4 is 10.6 Å². The lowest BCUT2D eigenvalue weighted by Gasteiger charge is -2.17. The fraction of sp³-hybridized carbons (Fsp3) is 0.923.